The van der Waals surface area contributed by atoms with E-state index in [0.29, 0.717) is 16.6 Å². The lowest BCUT2D eigenvalue weighted by molar-refractivity contribution is 0.0928. The van der Waals surface area contributed by atoms with E-state index in [4.69, 9.17) is 11.6 Å². The van der Waals surface area contributed by atoms with Gasteiger partial charge in [-0.2, -0.15) is 0 Å². The lowest BCUT2D eigenvalue weighted by Gasteiger charge is -2.22. The second-order valence-corrected chi connectivity index (χ2v) is 7.01. The third-order valence-electron chi connectivity index (χ3n) is 4.91. The average molecular weight is 354 g/mol. The number of hydrogen-bond donors (Lipinski definition) is 2. The molecule has 0 unspecified atom stereocenters. The molecule has 1 fully saturated rings. The third kappa shape index (κ3) is 3.27. The van der Waals surface area contributed by atoms with Gasteiger partial charge in [0.05, 0.1) is 16.2 Å². The standard InChI is InChI=1S/C20H20ClN3O/c21-17-12-23-18(16-10-11-22-19(16)17)13-6-8-14(9-7-13)20(25)24-15-4-2-1-3-5-15/h6-12,15,22H,1-5H2,(H,24,25). The number of pyridine rings is 1. The highest BCUT2D eigenvalue weighted by Crippen LogP contribution is 2.30. The second-order valence-electron chi connectivity index (χ2n) is 6.61. The zero-order valence-corrected chi connectivity index (χ0v) is 14.6. The fraction of sp³-hybridized carbons (Fsp3) is 0.300. The van der Waals surface area contributed by atoms with Crippen LogP contribution in [0.3, 0.4) is 0 Å². The summed E-state index contributed by atoms with van der Waals surface area (Å²) in [6.45, 7) is 0. The maximum absolute atomic E-state index is 12.4. The first-order chi connectivity index (χ1) is 12.2. The topological polar surface area (TPSA) is 57.8 Å². The number of halogens is 1. The largest absolute Gasteiger partial charge is 0.360 e. The number of nitrogens with zero attached hydrogens (tertiary/aromatic N) is 1. The fourth-order valence-electron chi connectivity index (χ4n) is 3.54. The normalized spacial score (nSPS) is 15.4. The zero-order chi connectivity index (χ0) is 17.2. The molecule has 0 radical (unpaired) electrons. The lowest BCUT2D eigenvalue weighted by atomic mass is 9.95. The Hall–Kier alpha value is -2.33. The van der Waals surface area contributed by atoms with Gasteiger partial charge in [0.2, 0.25) is 0 Å². The number of amides is 1. The van der Waals surface area contributed by atoms with E-state index < -0.39 is 0 Å². The van der Waals surface area contributed by atoms with Crippen molar-refractivity contribution in [1.29, 1.82) is 0 Å². The van der Waals surface area contributed by atoms with Crippen molar-refractivity contribution in [3.8, 4) is 11.3 Å². The molecule has 0 saturated heterocycles. The molecule has 0 spiro atoms. The summed E-state index contributed by atoms with van der Waals surface area (Å²) in [5, 5.41) is 4.73. The highest BCUT2D eigenvalue weighted by molar-refractivity contribution is 6.35. The quantitative estimate of drug-likeness (QED) is 0.700. The molecule has 4 rings (SSSR count). The van der Waals surface area contributed by atoms with Crippen LogP contribution in [0, 0.1) is 0 Å². The summed E-state index contributed by atoms with van der Waals surface area (Å²) < 4.78 is 0. The SMILES string of the molecule is O=C(NC1CCCCC1)c1ccc(-c2ncc(Cl)c3[nH]ccc23)cc1. The van der Waals surface area contributed by atoms with E-state index in [2.05, 4.69) is 15.3 Å². The van der Waals surface area contributed by atoms with Crippen LogP contribution in [0.4, 0.5) is 0 Å². The number of hydrogen-bond acceptors (Lipinski definition) is 2. The van der Waals surface area contributed by atoms with Crippen LogP contribution in [0.25, 0.3) is 22.2 Å². The smallest absolute Gasteiger partial charge is 0.251 e. The summed E-state index contributed by atoms with van der Waals surface area (Å²) in [5.41, 5.74) is 3.40. The van der Waals surface area contributed by atoms with Gasteiger partial charge in [-0.05, 0) is 31.0 Å². The molecule has 128 valence electrons. The minimum atomic E-state index is 0.00862. The number of fused-ring (bicyclic) bond motifs is 1. The van der Waals surface area contributed by atoms with Crippen molar-refractivity contribution in [1.82, 2.24) is 15.3 Å². The van der Waals surface area contributed by atoms with Crippen LogP contribution in [0.5, 0.6) is 0 Å². The van der Waals surface area contributed by atoms with Crippen molar-refractivity contribution in [2.24, 2.45) is 0 Å². The van der Waals surface area contributed by atoms with Gasteiger partial charge < -0.3 is 10.3 Å². The Balaban J connectivity index is 1.56. The molecule has 25 heavy (non-hydrogen) atoms. The second kappa shape index (κ2) is 6.89. The van der Waals surface area contributed by atoms with Gasteiger partial charge in [-0.1, -0.05) is 43.0 Å². The highest BCUT2D eigenvalue weighted by atomic mass is 35.5. The number of carbonyl (C=O) groups excluding carboxylic acids is 1. The molecular formula is C20H20ClN3O. The fourth-order valence-corrected chi connectivity index (χ4v) is 3.75. The minimum absolute atomic E-state index is 0.00862. The number of aromatic nitrogens is 2. The van der Waals surface area contributed by atoms with Crippen LogP contribution in [0.1, 0.15) is 42.5 Å². The van der Waals surface area contributed by atoms with Crippen LogP contribution >= 0.6 is 11.6 Å². The predicted molar refractivity (Wildman–Crippen MR) is 101 cm³/mol. The number of carbonyl (C=O) groups is 1. The van der Waals surface area contributed by atoms with Gasteiger partial charge in [-0.3, -0.25) is 9.78 Å². The molecule has 2 heterocycles. The Kier molecular flexibility index (Phi) is 4.45. The summed E-state index contributed by atoms with van der Waals surface area (Å²) in [4.78, 5) is 20.0. The molecule has 0 atom stereocenters. The first kappa shape index (κ1) is 16.2. The minimum Gasteiger partial charge on any atom is -0.360 e. The van der Waals surface area contributed by atoms with Gasteiger partial charge in [0, 0.05) is 34.9 Å². The molecule has 1 saturated carbocycles. The zero-order valence-electron chi connectivity index (χ0n) is 13.9. The van der Waals surface area contributed by atoms with Gasteiger partial charge in [0.25, 0.3) is 5.91 Å². The Labute approximate surface area is 151 Å². The number of nitrogens with one attached hydrogen (secondary N) is 2. The molecule has 1 amide bonds. The number of aromatic amines is 1. The van der Waals surface area contributed by atoms with E-state index in [0.717, 1.165) is 35.0 Å². The monoisotopic (exact) mass is 353 g/mol. The van der Waals surface area contributed by atoms with E-state index in [1.807, 2.05) is 36.5 Å². The molecular weight excluding hydrogens is 334 g/mol. The average Bonchev–Trinajstić information content (AvgIpc) is 3.14. The van der Waals surface area contributed by atoms with Crippen LogP contribution in [0.15, 0.2) is 42.7 Å². The van der Waals surface area contributed by atoms with E-state index in [1.165, 1.54) is 19.3 Å². The van der Waals surface area contributed by atoms with Gasteiger partial charge >= 0.3 is 0 Å². The van der Waals surface area contributed by atoms with E-state index in [-0.39, 0.29) is 5.91 Å². The summed E-state index contributed by atoms with van der Waals surface area (Å²) in [6.07, 6.45) is 9.38. The maximum atomic E-state index is 12.4. The van der Waals surface area contributed by atoms with Crippen LogP contribution in [0.2, 0.25) is 5.02 Å². The molecule has 1 aromatic carbocycles. The van der Waals surface area contributed by atoms with E-state index in [9.17, 15) is 4.79 Å². The number of benzene rings is 1. The van der Waals surface area contributed by atoms with Gasteiger partial charge in [-0.25, -0.2) is 0 Å². The van der Waals surface area contributed by atoms with Crippen LogP contribution in [-0.4, -0.2) is 21.9 Å². The molecule has 1 aliphatic rings. The van der Waals surface area contributed by atoms with Gasteiger partial charge in [-0.15, -0.1) is 0 Å². The number of H-pyrrole nitrogens is 1. The molecule has 2 aromatic heterocycles. The summed E-state index contributed by atoms with van der Waals surface area (Å²) in [7, 11) is 0. The van der Waals surface area contributed by atoms with E-state index in [1.54, 1.807) is 6.20 Å². The van der Waals surface area contributed by atoms with Crippen molar-refractivity contribution in [2.45, 2.75) is 38.1 Å². The van der Waals surface area contributed by atoms with Crippen LogP contribution < -0.4 is 5.32 Å². The van der Waals surface area contributed by atoms with E-state index >= 15 is 0 Å². The predicted octanol–water partition coefficient (Wildman–Crippen LogP) is 4.95. The first-order valence-corrected chi connectivity index (χ1v) is 9.13. The first-order valence-electron chi connectivity index (χ1n) is 8.75. The Bertz CT molecular complexity index is 895. The lowest BCUT2D eigenvalue weighted by Crippen LogP contribution is -2.36. The Morgan fingerprint density at radius 2 is 1.88 bits per heavy atom. The Morgan fingerprint density at radius 1 is 1.12 bits per heavy atom. The maximum Gasteiger partial charge on any atom is 0.251 e. The molecule has 4 nitrogen and oxygen atoms in total. The molecule has 2 N–H and O–H groups in total. The van der Waals surface area contributed by atoms with Gasteiger partial charge in [0.1, 0.15) is 0 Å². The Morgan fingerprint density at radius 3 is 2.64 bits per heavy atom. The van der Waals surface area contributed by atoms with Crippen molar-refractivity contribution >= 4 is 28.4 Å². The van der Waals surface area contributed by atoms with Crippen molar-refractivity contribution in [2.75, 3.05) is 0 Å². The highest BCUT2D eigenvalue weighted by Gasteiger charge is 2.17. The van der Waals surface area contributed by atoms with Crippen molar-refractivity contribution in [3.05, 3.63) is 53.3 Å². The summed E-state index contributed by atoms with van der Waals surface area (Å²) >= 11 is 6.17. The van der Waals surface area contributed by atoms with Gasteiger partial charge in [0.15, 0.2) is 0 Å². The molecule has 3 aromatic rings. The number of rotatable bonds is 3. The summed E-state index contributed by atoms with van der Waals surface area (Å²) in [6, 6.07) is 9.90. The molecule has 1 aliphatic carbocycles. The van der Waals surface area contributed by atoms with Crippen molar-refractivity contribution in [3.63, 3.8) is 0 Å². The van der Waals surface area contributed by atoms with Crippen molar-refractivity contribution < 1.29 is 4.79 Å². The molecule has 5 heteroatoms. The third-order valence-corrected chi connectivity index (χ3v) is 5.20. The summed E-state index contributed by atoms with van der Waals surface area (Å²) in [5.74, 6) is 0.00862. The molecule has 0 aliphatic heterocycles. The van der Waals surface area contributed by atoms with Crippen LogP contribution in [-0.2, 0) is 0 Å². The molecule has 0 bridgehead atoms.